The number of hydrogen-bond acceptors (Lipinski definition) is 4. The van der Waals surface area contributed by atoms with Crippen LogP contribution in [0.2, 0.25) is 0 Å². The van der Waals surface area contributed by atoms with Gasteiger partial charge in [-0.3, -0.25) is 20.0 Å². The first-order valence-electron chi connectivity index (χ1n) is 5.98. The Bertz CT molecular complexity index is 671. The number of anilines is 1. The Hall–Kier alpha value is -2.70. The van der Waals surface area contributed by atoms with Gasteiger partial charge in [0, 0.05) is 5.56 Å². The molecule has 20 heavy (non-hydrogen) atoms. The molecule has 0 bridgehead atoms. The summed E-state index contributed by atoms with van der Waals surface area (Å²) < 4.78 is 0. The van der Waals surface area contributed by atoms with Crippen LogP contribution in [-0.4, -0.2) is 21.0 Å². The van der Waals surface area contributed by atoms with Gasteiger partial charge in [-0.15, -0.1) is 0 Å². The molecule has 1 aromatic carbocycles. The molecule has 0 radical (unpaired) electrons. The summed E-state index contributed by atoms with van der Waals surface area (Å²) in [4.78, 5) is 22.8. The van der Waals surface area contributed by atoms with Crippen molar-refractivity contribution in [1.82, 2.24) is 10.2 Å². The Morgan fingerprint density at radius 3 is 2.60 bits per heavy atom. The molecule has 0 saturated heterocycles. The number of aryl methyl sites for hydroxylation is 3. The summed E-state index contributed by atoms with van der Waals surface area (Å²) in [5, 5.41) is 20.5. The average Bonchev–Trinajstić information content (AvgIpc) is 2.69. The number of carbonyl (C=O) groups is 1. The van der Waals surface area contributed by atoms with Gasteiger partial charge in [0.2, 0.25) is 0 Å². The number of benzene rings is 1. The highest BCUT2D eigenvalue weighted by molar-refractivity contribution is 6.07. The molecule has 0 atom stereocenters. The number of nitro groups is 1. The van der Waals surface area contributed by atoms with E-state index in [2.05, 4.69) is 15.5 Å². The van der Waals surface area contributed by atoms with Crippen molar-refractivity contribution in [1.29, 1.82) is 0 Å². The monoisotopic (exact) mass is 274 g/mol. The second-order valence-electron chi connectivity index (χ2n) is 4.49. The van der Waals surface area contributed by atoms with E-state index >= 15 is 0 Å². The van der Waals surface area contributed by atoms with E-state index in [9.17, 15) is 14.9 Å². The number of amides is 1. The standard InChI is InChI=1S/C13H14N4O3/c1-7-5-4-6-10(12(7)17(19)20)13(18)14-11-8(2)15-16-9(11)3/h4-6H,1-3H3,(H,14,18)(H,15,16). The summed E-state index contributed by atoms with van der Waals surface area (Å²) in [6.07, 6.45) is 0. The number of rotatable bonds is 3. The maximum atomic E-state index is 12.2. The van der Waals surface area contributed by atoms with Crippen LogP contribution in [0, 0.1) is 30.9 Å². The maximum absolute atomic E-state index is 12.2. The summed E-state index contributed by atoms with van der Waals surface area (Å²) in [7, 11) is 0. The Balaban J connectivity index is 2.40. The first kappa shape index (κ1) is 13.7. The van der Waals surface area contributed by atoms with Crippen molar-refractivity contribution in [2.24, 2.45) is 0 Å². The lowest BCUT2D eigenvalue weighted by atomic mass is 10.1. The van der Waals surface area contributed by atoms with Crippen LogP contribution in [0.5, 0.6) is 0 Å². The number of nitro benzene ring substituents is 1. The highest BCUT2D eigenvalue weighted by atomic mass is 16.6. The number of aromatic amines is 1. The van der Waals surface area contributed by atoms with Crippen LogP contribution in [0.4, 0.5) is 11.4 Å². The lowest BCUT2D eigenvalue weighted by Gasteiger charge is -2.07. The molecule has 7 heteroatoms. The first-order valence-corrected chi connectivity index (χ1v) is 5.98. The molecule has 0 spiro atoms. The molecule has 104 valence electrons. The van der Waals surface area contributed by atoms with Crippen molar-refractivity contribution in [2.75, 3.05) is 5.32 Å². The molecule has 2 rings (SSSR count). The fourth-order valence-corrected chi connectivity index (χ4v) is 2.00. The first-order chi connectivity index (χ1) is 9.41. The van der Waals surface area contributed by atoms with E-state index in [1.54, 1.807) is 32.9 Å². The fourth-order valence-electron chi connectivity index (χ4n) is 2.00. The van der Waals surface area contributed by atoms with E-state index in [1.165, 1.54) is 6.07 Å². The average molecular weight is 274 g/mol. The van der Waals surface area contributed by atoms with Gasteiger partial charge in [0.15, 0.2) is 0 Å². The predicted octanol–water partition coefficient (Wildman–Crippen LogP) is 2.50. The van der Waals surface area contributed by atoms with Crippen LogP contribution < -0.4 is 5.32 Å². The summed E-state index contributed by atoms with van der Waals surface area (Å²) in [5.41, 5.74) is 2.19. The third kappa shape index (κ3) is 2.37. The minimum Gasteiger partial charge on any atom is -0.319 e. The minimum atomic E-state index is -0.542. The van der Waals surface area contributed by atoms with E-state index < -0.39 is 10.8 Å². The highest BCUT2D eigenvalue weighted by Gasteiger charge is 2.23. The zero-order valence-electron chi connectivity index (χ0n) is 11.4. The van der Waals surface area contributed by atoms with Crippen LogP contribution in [0.15, 0.2) is 18.2 Å². The Morgan fingerprint density at radius 2 is 2.05 bits per heavy atom. The van der Waals surface area contributed by atoms with Gasteiger partial charge in [0.05, 0.1) is 22.0 Å². The van der Waals surface area contributed by atoms with E-state index in [0.29, 0.717) is 22.6 Å². The molecule has 1 amide bonds. The van der Waals surface area contributed by atoms with Crippen molar-refractivity contribution in [3.63, 3.8) is 0 Å². The summed E-state index contributed by atoms with van der Waals surface area (Å²) >= 11 is 0. The van der Waals surface area contributed by atoms with Crippen molar-refractivity contribution in [2.45, 2.75) is 20.8 Å². The second kappa shape index (κ2) is 5.12. The van der Waals surface area contributed by atoms with E-state index in [-0.39, 0.29) is 11.3 Å². The van der Waals surface area contributed by atoms with E-state index in [0.717, 1.165) is 0 Å². The zero-order chi connectivity index (χ0) is 14.9. The van der Waals surface area contributed by atoms with Crippen LogP contribution >= 0.6 is 0 Å². The Morgan fingerprint density at radius 1 is 1.35 bits per heavy atom. The lowest BCUT2D eigenvalue weighted by Crippen LogP contribution is -2.15. The molecule has 0 aliphatic rings. The number of aromatic nitrogens is 2. The topological polar surface area (TPSA) is 101 Å². The molecule has 7 nitrogen and oxygen atoms in total. The lowest BCUT2D eigenvalue weighted by molar-refractivity contribution is -0.385. The molecule has 0 saturated carbocycles. The molecule has 1 aromatic heterocycles. The van der Waals surface area contributed by atoms with Gasteiger partial charge >= 0.3 is 0 Å². The molecule has 1 heterocycles. The highest BCUT2D eigenvalue weighted by Crippen LogP contribution is 2.25. The molecule has 2 N–H and O–H groups in total. The number of nitrogens with zero attached hydrogens (tertiary/aromatic N) is 2. The number of carbonyl (C=O) groups excluding carboxylic acids is 1. The number of hydrogen-bond donors (Lipinski definition) is 2. The summed E-state index contributed by atoms with van der Waals surface area (Å²) in [5.74, 6) is -0.520. The molecular weight excluding hydrogens is 260 g/mol. The predicted molar refractivity (Wildman–Crippen MR) is 73.8 cm³/mol. The third-order valence-electron chi connectivity index (χ3n) is 3.03. The van der Waals surface area contributed by atoms with E-state index in [1.807, 2.05) is 0 Å². The summed E-state index contributed by atoms with van der Waals surface area (Å²) in [6.45, 7) is 5.10. The van der Waals surface area contributed by atoms with Gasteiger partial charge < -0.3 is 5.32 Å². The van der Waals surface area contributed by atoms with E-state index in [4.69, 9.17) is 0 Å². The normalized spacial score (nSPS) is 10.3. The molecule has 0 aliphatic heterocycles. The number of H-pyrrole nitrogens is 1. The van der Waals surface area contributed by atoms with Gasteiger partial charge in [-0.05, 0) is 26.8 Å². The van der Waals surface area contributed by atoms with Gasteiger partial charge in [0.25, 0.3) is 11.6 Å². The SMILES string of the molecule is Cc1cccc(C(=O)Nc2c(C)n[nH]c2C)c1[N+](=O)[O-]. The zero-order valence-corrected chi connectivity index (χ0v) is 11.4. The quantitative estimate of drug-likeness (QED) is 0.663. The van der Waals surface area contributed by atoms with Crippen molar-refractivity contribution in [3.05, 3.63) is 50.8 Å². The van der Waals surface area contributed by atoms with Crippen LogP contribution in [0.25, 0.3) is 0 Å². The molecule has 2 aromatic rings. The van der Waals surface area contributed by atoms with Gasteiger partial charge in [-0.1, -0.05) is 12.1 Å². The fraction of sp³-hybridized carbons (Fsp3) is 0.231. The molecule has 0 fully saturated rings. The Kier molecular flexibility index (Phi) is 3.51. The Labute approximate surface area is 115 Å². The molecule has 0 unspecified atom stereocenters. The number of nitrogens with one attached hydrogen (secondary N) is 2. The van der Waals surface area contributed by atoms with Gasteiger partial charge in [-0.25, -0.2) is 0 Å². The van der Waals surface area contributed by atoms with Crippen LogP contribution in [0.3, 0.4) is 0 Å². The van der Waals surface area contributed by atoms with Crippen molar-refractivity contribution in [3.8, 4) is 0 Å². The maximum Gasteiger partial charge on any atom is 0.285 e. The number of para-hydroxylation sites is 1. The smallest absolute Gasteiger partial charge is 0.285 e. The summed E-state index contributed by atoms with van der Waals surface area (Å²) in [6, 6.07) is 4.65. The van der Waals surface area contributed by atoms with Crippen molar-refractivity contribution >= 4 is 17.3 Å². The van der Waals surface area contributed by atoms with Crippen LogP contribution in [-0.2, 0) is 0 Å². The minimum absolute atomic E-state index is 0.0370. The molecule has 0 aliphatic carbocycles. The largest absolute Gasteiger partial charge is 0.319 e. The second-order valence-corrected chi connectivity index (χ2v) is 4.49. The van der Waals surface area contributed by atoms with Crippen molar-refractivity contribution < 1.29 is 9.72 Å². The van der Waals surface area contributed by atoms with Crippen LogP contribution in [0.1, 0.15) is 27.3 Å². The molecular formula is C13H14N4O3. The van der Waals surface area contributed by atoms with Gasteiger partial charge in [0.1, 0.15) is 5.56 Å². The van der Waals surface area contributed by atoms with Gasteiger partial charge in [-0.2, -0.15) is 5.10 Å². The third-order valence-corrected chi connectivity index (χ3v) is 3.03.